The Morgan fingerprint density at radius 2 is 2.26 bits per heavy atom. The fourth-order valence-corrected chi connectivity index (χ4v) is 2.38. The predicted octanol–water partition coefficient (Wildman–Crippen LogP) is 1.84. The molecule has 0 unspecified atom stereocenters. The molecular weight excluding hydrogens is 264 g/mol. The number of benzene rings is 1. The van der Waals surface area contributed by atoms with Crippen LogP contribution in [0.25, 0.3) is 0 Å². The molecule has 0 atom stereocenters. The Labute approximate surface area is 118 Å². The maximum Gasteiger partial charge on any atom is 0.223 e. The van der Waals surface area contributed by atoms with Gasteiger partial charge in [-0.3, -0.25) is 4.79 Å². The zero-order chi connectivity index (χ0) is 13.8. The van der Waals surface area contributed by atoms with E-state index in [4.69, 9.17) is 16.3 Å². The Morgan fingerprint density at radius 1 is 1.47 bits per heavy atom. The molecule has 0 aromatic heterocycles. The van der Waals surface area contributed by atoms with Gasteiger partial charge in [0.25, 0.3) is 0 Å². The molecule has 0 spiro atoms. The van der Waals surface area contributed by atoms with Crippen molar-refractivity contribution < 1.29 is 9.53 Å². The molecular formula is C14H19ClN2O2. The van der Waals surface area contributed by atoms with Crippen molar-refractivity contribution in [2.75, 3.05) is 27.2 Å². The molecule has 0 radical (unpaired) electrons. The summed E-state index contributed by atoms with van der Waals surface area (Å²) < 4.78 is 5.63. The minimum atomic E-state index is 0.125. The average Bonchev–Trinajstić information content (AvgIpc) is 2.81. The topological polar surface area (TPSA) is 41.6 Å². The molecule has 0 saturated heterocycles. The lowest BCUT2D eigenvalue weighted by molar-refractivity contribution is -0.128. The maximum atomic E-state index is 11.4. The summed E-state index contributed by atoms with van der Waals surface area (Å²) in [5.41, 5.74) is 2.24. The number of hydrogen-bond acceptors (Lipinski definition) is 3. The number of hydrogen-bond donors (Lipinski definition) is 1. The number of carbonyl (C=O) groups excluding carboxylic acids is 1. The van der Waals surface area contributed by atoms with Crippen LogP contribution in [0.4, 0.5) is 0 Å². The average molecular weight is 283 g/mol. The number of fused-ring (bicyclic) bond motifs is 1. The van der Waals surface area contributed by atoms with Gasteiger partial charge >= 0.3 is 0 Å². The van der Waals surface area contributed by atoms with E-state index in [0.717, 1.165) is 29.4 Å². The first-order valence-corrected chi connectivity index (χ1v) is 6.80. The lowest BCUT2D eigenvalue weighted by Crippen LogP contribution is -2.26. The van der Waals surface area contributed by atoms with E-state index in [1.807, 2.05) is 12.1 Å². The molecule has 5 heteroatoms. The van der Waals surface area contributed by atoms with Gasteiger partial charge in [-0.2, -0.15) is 0 Å². The number of nitrogens with one attached hydrogen (secondary N) is 1. The van der Waals surface area contributed by atoms with Crippen LogP contribution in [-0.4, -0.2) is 38.1 Å². The Bertz CT molecular complexity index is 475. The second-order valence-electron chi connectivity index (χ2n) is 4.87. The van der Waals surface area contributed by atoms with Crippen molar-refractivity contribution in [1.29, 1.82) is 0 Å². The van der Waals surface area contributed by atoms with E-state index in [1.54, 1.807) is 19.0 Å². The molecule has 4 nitrogen and oxygen atoms in total. The van der Waals surface area contributed by atoms with Crippen LogP contribution in [0.15, 0.2) is 12.1 Å². The second kappa shape index (κ2) is 6.26. The molecule has 0 saturated carbocycles. The fraction of sp³-hybridized carbons (Fsp3) is 0.500. The summed E-state index contributed by atoms with van der Waals surface area (Å²) in [6.45, 7) is 2.05. The van der Waals surface area contributed by atoms with E-state index < -0.39 is 0 Å². The molecule has 0 fully saturated rings. The van der Waals surface area contributed by atoms with Crippen molar-refractivity contribution in [3.05, 3.63) is 28.3 Å². The van der Waals surface area contributed by atoms with Crippen LogP contribution in [0, 0.1) is 0 Å². The van der Waals surface area contributed by atoms with Gasteiger partial charge in [0.15, 0.2) is 0 Å². The maximum absolute atomic E-state index is 11.4. The molecule has 1 aliphatic heterocycles. The SMILES string of the molecule is CN(C)C(=O)CCNCc1cc(Cl)cc2c1OCC2. The van der Waals surface area contributed by atoms with Gasteiger partial charge in [-0.1, -0.05) is 11.6 Å². The van der Waals surface area contributed by atoms with Crippen LogP contribution < -0.4 is 10.1 Å². The molecule has 19 heavy (non-hydrogen) atoms. The first kappa shape index (κ1) is 14.2. The quantitative estimate of drug-likeness (QED) is 0.838. The van der Waals surface area contributed by atoms with Crippen molar-refractivity contribution in [3.63, 3.8) is 0 Å². The number of halogens is 1. The normalized spacial score (nSPS) is 13.0. The lowest BCUT2D eigenvalue weighted by atomic mass is 10.1. The number of ether oxygens (including phenoxy) is 1. The monoisotopic (exact) mass is 282 g/mol. The Kier molecular flexibility index (Phi) is 4.66. The number of nitrogens with zero attached hydrogens (tertiary/aromatic N) is 1. The van der Waals surface area contributed by atoms with E-state index >= 15 is 0 Å². The van der Waals surface area contributed by atoms with Gasteiger partial charge < -0.3 is 15.0 Å². The summed E-state index contributed by atoms with van der Waals surface area (Å²) in [5, 5.41) is 4.00. The summed E-state index contributed by atoms with van der Waals surface area (Å²) in [6, 6.07) is 3.88. The predicted molar refractivity (Wildman–Crippen MR) is 75.7 cm³/mol. The zero-order valence-electron chi connectivity index (χ0n) is 11.3. The third-order valence-electron chi connectivity index (χ3n) is 3.16. The molecule has 0 aliphatic carbocycles. The van der Waals surface area contributed by atoms with E-state index in [2.05, 4.69) is 5.32 Å². The van der Waals surface area contributed by atoms with Crippen molar-refractivity contribution in [1.82, 2.24) is 10.2 Å². The van der Waals surface area contributed by atoms with Crippen LogP contribution in [0.3, 0.4) is 0 Å². The summed E-state index contributed by atoms with van der Waals surface area (Å²) in [5.74, 6) is 1.08. The van der Waals surface area contributed by atoms with E-state index in [-0.39, 0.29) is 5.91 Å². The highest BCUT2D eigenvalue weighted by Crippen LogP contribution is 2.32. The van der Waals surface area contributed by atoms with Gasteiger partial charge in [-0.15, -0.1) is 0 Å². The smallest absolute Gasteiger partial charge is 0.223 e. The molecule has 104 valence electrons. The molecule has 1 aromatic carbocycles. The highest BCUT2D eigenvalue weighted by atomic mass is 35.5. The fourth-order valence-electron chi connectivity index (χ4n) is 2.12. The molecule has 1 amide bonds. The zero-order valence-corrected chi connectivity index (χ0v) is 12.1. The second-order valence-corrected chi connectivity index (χ2v) is 5.30. The molecule has 2 rings (SSSR count). The highest BCUT2D eigenvalue weighted by molar-refractivity contribution is 6.30. The standard InChI is InChI=1S/C14H19ClN2O2/c1-17(2)13(18)3-5-16-9-11-8-12(15)7-10-4-6-19-14(10)11/h7-8,16H,3-6,9H2,1-2H3. The van der Waals surface area contributed by atoms with Crippen molar-refractivity contribution in [3.8, 4) is 5.75 Å². The number of amides is 1. The highest BCUT2D eigenvalue weighted by Gasteiger charge is 2.17. The van der Waals surface area contributed by atoms with Crippen LogP contribution in [-0.2, 0) is 17.8 Å². The van der Waals surface area contributed by atoms with Crippen molar-refractivity contribution in [2.45, 2.75) is 19.4 Å². The largest absolute Gasteiger partial charge is 0.493 e. The third-order valence-corrected chi connectivity index (χ3v) is 3.37. The summed E-state index contributed by atoms with van der Waals surface area (Å²) in [4.78, 5) is 13.0. The minimum Gasteiger partial charge on any atom is -0.493 e. The summed E-state index contributed by atoms with van der Waals surface area (Å²) in [6.07, 6.45) is 1.42. The van der Waals surface area contributed by atoms with Gasteiger partial charge in [0, 0.05) is 50.6 Å². The molecule has 0 bridgehead atoms. The first-order valence-electron chi connectivity index (χ1n) is 6.43. The van der Waals surface area contributed by atoms with Gasteiger partial charge in [-0.05, 0) is 17.7 Å². The Hall–Kier alpha value is -1.26. The lowest BCUT2D eigenvalue weighted by Gasteiger charge is -2.12. The third kappa shape index (κ3) is 3.61. The number of carbonyl (C=O) groups is 1. The van der Waals surface area contributed by atoms with Gasteiger partial charge in [0.2, 0.25) is 5.91 Å². The molecule has 1 aromatic rings. The first-order chi connectivity index (χ1) is 9.08. The van der Waals surface area contributed by atoms with Crippen LogP contribution in [0.2, 0.25) is 5.02 Å². The molecule has 1 N–H and O–H groups in total. The van der Waals surface area contributed by atoms with E-state index in [9.17, 15) is 4.79 Å². The summed E-state index contributed by atoms with van der Waals surface area (Å²) >= 11 is 6.09. The Morgan fingerprint density at radius 3 is 3.00 bits per heavy atom. The van der Waals surface area contributed by atoms with Crippen LogP contribution in [0.5, 0.6) is 5.75 Å². The summed E-state index contributed by atoms with van der Waals surface area (Å²) in [7, 11) is 3.53. The van der Waals surface area contributed by atoms with Crippen LogP contribution >= 0.6 is 11.6 Å². The van der Waals surface area contributed by atoms with Crippen LogP contribution in [0.1, 0.15) is 17.5 Å². The van der Waals surface area contributed by atoms with E-state index in [1.165, 1.54) is 5.56 Å². The van der Waals surface area contributed by atoms with Gasteiger partial charge in [0.1, 0.15) is 5.75 Å². The van der Waals surface area contributed by atoms with Crippen molar-refractivity contribution in [2.24, 2.45) is 0 Å². The minimum absolute atomic E-state index is 0.125. The molecule has 1 heterocycles. The van der Waals surface area contributed by atoms with Gasteiger partial charge in [-0.25, -0.2) is 0 Å². The van der Waals surface area contributed by atoms with Gasteiger partial charge in [0.05, 0.1) is 6.61 Å². The van der Waals surface area contributed by atoms with E-state index in [0.29, 0.717) is 19.5 Å². The molecule has 1 aliphatic rings. The Balaban J connectivity index is 1.88. The number of rotatable bonds is 5. The van der Waals surface area contributed by atoms with Crippen molar-refractivity contribution >= 4 is 17.5 Å².